The van der Waals surface area contributed by atoms with Gasteiger partial charge in [-0.15, -0.1) is 0 Å². The first kappa shape index (κ1) is 16.9. The van der Waals surface area contributed by atoms with Crippen molar-refractivity contribution in [3.05, 3.63) is 0 Å². The maximum Gasteiger partial charge on any atom is 0.0443 e. The first-order chi connectivity index (χ1) is 8.28. The maximum atomic E-state index is 8.90. The highest BCUT2D eigenvalue weighted by molar-refractivity contribution is 4.66. The number of unbranched alkanes of at least 4 members (excludes halogenated alkanes) is 1. The summed E-state index contributed by atoms with van der Waals surface area (Å²) in [5.41, 5.74) is 0. The fraction of sp³-hybridized carbons (Fsp3) is 1.00. The lowest BCUT2D eigenvalue weighted by molar-refractivity contribution is 0.176. The fourth-order valence-electron chi connectivity index (χ4n) is 2.17. The molecule has 0 amide bonds. The maximum absolute atomic E-state index is 8.90. The van der Waals surface area contributed by atoms with Crippen LogP contribution in [-0.2, 0) is 0 Å². The van der Waals surface area contributed by atoms with Crippen molar-refractivity contribution in [3.8, 4) is 0 Å². The van der Waals surface area contributed by atoms with E-state index in [1.807, 2.05) is 0 Å². The highest BCUT2D eigenvalue weighted by Crippen LogP contribution is 2.14. The molecule has 0 rings (SSSR count). The number of aliphatic hydroxyl groups is 2. The Hall–Kier alpha value is -0.120. The van der Waals surface area contributed by atoms with Gasteiger partial charge in [-0.05, 0) is 25.2 Å². The Morgan fingerprint density at radius 2 is 1.53 bits per heavy atom. The molecule has 0 saturated heterocycles. The van der Waals surface area contributed by atoms with Crippen LogP contribution in [-0.4, -0.2) is 48.0 Å². The van der Waals surface area contributed by atoms with Crippen molar-refractivity contribution in [2.75, 3.05) is 32.8 Å². The lowest BCUT2D eigenvalue weighted by Gasteiger charge is -2.26. The minimum atomic E-state index is 0.265. The average Bonchev–Trinajstić information content (AvgIpc) is 2.36. The van der Waals surface area contributed by atoms with Crippen LogP contribution in [0.5, 0.6) is 0 Å². The minimum Gasteiger partial charge on any atom is -0.396 e. The van der Waals surface area contributed by atoms with Crippen molar-refractivity contribution in [2.45, 2.75) is 52.4 Å². The second kappa shape index (κ2) is 12.3. The molecule has 0 aliphatic rings. The van der Waals surface area contributed by atoms with Gasteiger partial charge in [0, 0.05) is 32.8 Å². The van der Waals surface area contributed by atoms with Gasteiger partial charge in [0.25, 0.3) is 0 Å². The molecule has 0 aromatic heterocycles. The zero-order valence-electron chi connectivity index (χ0n) is 11.7. The molecule has 3 nitrogen and oxygen atoms in total. The van der Waals surface area contributed by atoms with Crippen molar-refractivity contribution >= 4 is 0 Å². The molecule has 0 aliphatic carbocycles. The topological polar surface area (TPSA) is 43.7 Å². The van der Waals surface area contributed by atoms with E-state index in [0.717, 1.165) is 38.4 Å². The van der Waals surface area contributed by atoms with Crippen LogP contribution >= 0.6 is 0 Å². The Morgan fingerprint density at radius 1 is 0.941 bits per heavy atom. The molecule has 0 radical (unpaired) electrons. The number of aliphatic hydroxyl groups excluding tert-OH is 2. The summed E-state index contributed by atoms with van der Waals surface area (Å²) < 4.78 is 0. The van der Waals surface area contributed by atoms with Crippen LogP contribution in [0.1, 0.15) is 52.4 Å². The summed E-state index contributed by atoms with van der Waals surface area (Å²) in [5, 5.41) is 17.8. The molecule has 0 aliphatic heterocycles. The zero-order valence-corrected chi connectivity index (χ0v) is 11.7. The molecule has 0 spiro atoms. The van der Waals surface area contributed by atoms with Crippen LogP contribution in [0.4, 0.5) is 0 Å². The van der Waals surface area contributed by atoms with Gasteiger partial charge in [-0.3, -0.25) is 0 Å². The van der Waals surface area contributed by atoms with E-state index < -0.39 is 0 Å². The van der Waals surface area contributed by atoms with Crippen LogP contribution in [0.15, 0.2) is 0 Å². The van der Waals surface area contributed by atoms with Crippen LogP contribution in [0.25, 0.3) is 0 Å². The molecule has 0 heterocycles. The number of hydrogen-bond donors (Lipinski definition) is 2. The highest BCUT2D eigenvalue weighted by Gasteiger charge is 2.11. The minimum absolute atomic E-state index is 0.265. The molecular formula is C14H31NO2. The second-order valence-corrected chi connectivity index (χ2v) is 4.87. The van der Waals surface area contributed by atoms with Gasteiger partial charge in [-0.2, -0.15) is 0 Å². The van der Waals surface area contributed by atoms with E-state index in [9.17, 15) is 0 Å². The van der Waals surface area contributed by atoms with Crippen molar-refractivity contribution in [3.63, 3.8) is 0 Å². The molecule has 1 unspecified atom stereocenters. The van der Waals surface area contributed by atoms with E-state index in [2.05, 4.69) is 18.7 Å². The Morgan fingerprint density at radius 3 is 1.94 bits per heavy atom. The Labute approximate surface area is 107 Å². The molecule has 0 aromatic carbocycles. The van der Waals surface area contributed by atoms with E-state index in [-0.39, 0.29) is 13.2 Å². The summed E-state index contributed by atoms with van der Waals surface area (Å²) in [6.45, 7) is 8.07. The summed E-state index contributed by atoms with van der Waals surface area (Å²) >= 11 is 0. The van der Waals surface area contributed by atoms with E-state index in [1.165, 1.54) is 25.7 Å². The quantitative estimate of drug-likeness (QED) is 0.554. The molecule has 0 saturated carbocycles. The predicted molar refractivity (Wildman–Crippen MR) is 73.2 cm³/mol. The predicted octanol–water partition coefficient (Wildman–Crippen LogP) is 2.27. The molecule has 104 valence electrons. The first-order valence-electron chi connectivity index (χ1n) is 7.22. The van der Waals surface area contributed by atoms with Crippen LogP contribution in [0.2, 0.25) is 0 Å². The van der Waals surface area contributed by atoms with Gasteiger partial charge >= 0.3 is 0 Å². The van der Waals surface area contributed by atoms with Crippen LogP contribution < -0.4 is 0 Å². The third-order valence-corrected chi connectivity index (χ3v) is 3.32. The Kier molecular flexibility index (Phi) is 12.3. The zero-order chi connectivity index (χ0) is 12.9. The lowest BCUT2D eigenvalue weighted by atomic mass is 9.98. The largest absolute Gasteiger partial charge is 0.396 e. The van der Waals surface area contributed by atoms with Gasteiger partial charge < -0.3 is 15.1 Å². The molecule has 1 atom stereocenters. The van der Waals surface area contributed by atoms with Gasteiger partial charge in [-0.25, -0.2) is 0 Å². The third kappa shape index (κ3) is 9.57. The summed E-state index contributed by atoms with van der Waals surface area (Å²) in [7, 11) is 0. The van der Waals surface area contributed by atoms with Crippen molar-refractivity contribution in [1.29, 1.82) is 0 Å². The molecule has 0 fully saturated rings. The van der Waals surface area contributed by atoms with Gasteiger partial charge in [0.15, 0.2) is 0 Å². The van der Waals surface area contributed by atoms with Gasteiger partial charge in [0.05, 0.1) is 0 Å². The summed E-state index contributed by atoms with van der Waals surface area (Å²) in [6.07, 6.45) is 6.80. The molecule has 2 N–H and O–H groups in total. The third-order valence-electron chi connectivity index (χ3n) is 3.32. The SMILES string of the molecule is CCCCC(CC)CN(CCCO)CCCO. The lowest BCUT2D eigenvalue weighted by Crippen LogP contribution is -2.32. The van der Waals surface area contributed by atoms with E-state index in [4.69, 9.17) is 10.2 Å². The molecule has 0 bridgehead atoms. The summed E-state index contributed by atoms with van der Waals surface area (Å²) in [4.78, 5) is 2.40. The second-order valence-electron chi connectivity index (χ2n) is 4.87. The van der Waals surface area contributed by atoms with E-state index >= 15 is 0 Å². The smallest absolute Gasteiger partial charge is 0.0443 e. The summed E-state index contributed by atoms with van der Waals surface area (Å²) in [6, 6.07) is 0. The number of hydrogen-bond acceptors (Lipinski definition) is 3. The standard InChI is InChI=1S/C14H31NO2/c1-3-5-8-14(4-2)13-15(9-6-11-16)10-7-12-17/h14,16-17H,3-13H2,1-2H3. The van der Waals surface area contributed by atoms with Crippen molar-refractivity contribution in [1.82, 2.24) is 4.90 Å². The molecular weight excluding hydrogens is 214 g/mol. The average molecular weight is 245 g/mol. The molecule has 17 heavy (non-hydrogen) atoms. The van der Waals surface area contributed by atoms with Gasteiger partial charge in [0.1, 0.15) is 0 Å². The van der Waals surface area contributed by atoms with Gasteiger partial charge in [-0.1, -0.05) is 33.1 Å². The van der Waals surface area contributed by atoms with Crippen molar-refractivity contribution < 1.29 is 10.2 Å². The summed E-state index contributed by atoms with van der Waals surface area (Å²) in [5.74, 6) is 0.771. The Balaban J connectivity index is 3.97. The number of nitrogens with zero attached hydrogens (tertiary/aromatic N) is 1. The number of rotatable bonds is 12. The normalized spacial score (nSPS) is 13.2. The molecule has 0 aromatic rings. The Bertz CT molecular complexity index is 145. The van der Waals surface area contributed by atoms with E-state index in [0.29, 0.717) is 0 Å². The van der Waals surface area contributed by atoms with Crippen molar-refractivity contribution in [2.24, 2.45) is 5.92 Å². The monoisotopic (exact) mass is 245 g/mol. The first-order valence-corrected chi connectivity index (χ1v) is 7.22. The molecule has 3 heteroatoms. The highest BCUT2D eigenvalue weighted by atomic mass is 16.3. The van der Waals surface area contributed by atoms with E-state index in [1.54, 1.807) is 0 Å². The van der Waals surface area contributed by atoms with Crippen LogP contribution in [0, 0.1) is 5.92 Å². The fourth-order valence-corrected chi connectivity index (χ4v) is 2.17. The van der Waals surface area contributed by atoms with Gasteiger partial charge in [0.2, 0.25) is 0 Å². The van der Waals surface area contributed by atoms with Crippen LogP contribution in [0.3, 0.4) is 0 Å².